The minimum atomic E-state index is -0.355. The molecule has 7 nitrogen and oxygen atoms in total. The Balaban J connectivity index is 2.06. The van der Waals surface area contributed by atoms with E-state index in [-0.39, 0.29) is 17.8 Å². The summed E-state index contributed by atoms with van der Waals surface area (Å²) in [5.41, 5.74) is 3.19. The van der Waals surface area contributed by atoms with Crippen molar-refractivity contribution in [1.82, 2.24) is 23.1 Å². The molecule has 0 aliphatic rings. The van der Waals surface area contributed by atoms with Crippen molar-refractivity contribution in [1.29, 1.82) is 0 Å². The predicted octanol–water partition coefficient (Wildman–Crippen LogP) is 2.47. The van der Waals surface area contributed by atoms with Crippen LogP contribution < -0.4 is 11.2 Å². The number of hydrogen-bond donors (Lipinski definition) is 0. The van der Waals surface area contributed by atoms with E-state index in [0.29, 0.717) is 22.9 Å². The van der Waals surface area contributed by atoms with Crippen molar-refractivity contribution in [2.24, 2.45) is 13.0 Å². The highest BCUT2D eigenvalue weighted by atomic mass is 16.2. The van der Waals surface area contributed by atoms with Crippen LogP contribution in [0.2, 0.25) is 0 Å². The summed E-state index contributed by atoms with van der Waals surface area (Å²) in [6.07, 6.45) is 0. The minimum Gasteiger partial charge on any atom is -0.314 e. The van der Waals surface area contributed by atoms with E-state index in [1.807, 2.05) is 48.6 Å². The van der Waals surface area contributed by atoms with E-state index in [4.69, 9.17) is 4.98 Å². The maximum Gasteiger partial charge on any atom is 0.332 e. The Morgan fingerprint density at radius 2 is 1.68 bits per heavy atom. The zero-order valence-electron chi connectivity index (χ0n) is 16.9. The quantitative estimate of drug-likeness (QED) is 0.547. The van der Waals surface area contributed by atoms with E-state index in [0.717, 1.165) is 23.5 Å². The highest BCUT2D eigenvalue weighted by Gasteiger charge is 2.22. The molecule has 0 aliphatic heterocycles. The molecule has 0 radical (unpaired) electrons. The summed E-state index contributed by atoms with van der Waals surface area (Å²) >= 11 is 0. The second kappa shape index (κ2) is 6.51. The van der Waals surface area contributed by atoms with Gasteiger partial charge in [0.25, 0.3) is 5.56 Å². The monoisotopic (exact) mass is 379 g/mol. The molecule has 0 saturated heterocycles. The molecule has 0 spiro atoms. The van der Waals surface area contributed by atoms with Gasteiger partial charge in [0.15, 0.2) is 11.2 Å². The zero-order chi connectivity index (χ0) is 20.2. The third-order valence-electron chi connectivity index (χ3n) is 5.36. The van der Waals surface area contributed by atoms with Crippen LogP contribution in [-0.2, 0) is 20.1 Å². The molecule has 0 N–H and O–H groups in total. The first kappa shape index (κ1) is 18.3. The standard InChI is InChI=1S/C21H25N5O2/c1-13(2)11-24-14(3)15(4)26-17-18(22-20(24)26)23(5)21(28)25(19(17)27)12-16-9-7-6-8-10-16/h6-10,13H,11-12H2,1-5H3. The lowest BCUT2D eigenvalue weighted by molar-refractivity contribution is 0.524. The molecule has 0 aliphatic carbocycles. The summed E-state index contributed by atoms with van der Waals surface area (Å²) < 4.78 is 6.79. The van der Waals surface area contributed by atoms with Gasteiger partial charge in [-0.3, -0.25) is 18.3 Å². The molecular weight excluding hydrogens is 354 g/mol. The van der Waals surface area contributed by atoms with Gasteiger partial charge in [-0.05, 0) is 25.3 Å². The molecule has 7 heteroatoms. The normalized spacial score (nSPS) is 11.9. The van der Waals surface area contributed by atoms with Crippen LogP contribution in [0.4, 0.5) is 0 Å². The number of fused-ring (bicyclic) bond motifs is 3. The van der Waals surface area contributed by atoms with Crippen LogP contribution in [-0.4, -0.2) is 23.1 Å². The van der Waals surface area contributed by atoms with E-state index in [1.54, 1.807) is 7.05 Å². The third-order valence-corrected chi connectivity index (χ3v) is 5.36. The number of benzene rings is 1. The average Bonchev–Trinajstić information content (AvgIpc) is 3.16. The van der Waals surface area contributed by atoms with Gasteiger partial charge in [-0.15, -0.1) is 0 Å². The first-order valence-electron chi connectivity index (χ1n) is 9.52. The Kier molecular flexibility index (Phi) is 4.25. The summed E-state index contributed by atoms with van der Waals surface area (Å²) in [6, 6.07) is 9.55. The van der Waals surface area contributed by atoms with Gasteiger partial charge in [-0.1, -0.05) is 44.2 Å². The molecule has 0 bridgehead atoms. The van der Waals surface area contributed by atoms with E-state index in [2.05, 4.69) is 18.4 Å². The van der Waals surface area contributed by atoms with E-state index in [1.165, 1.54) is 9.13 Å². The second-order valence-corrected chi connectivity index (χ2v) is 7.81. The minimum absolute atomic E-state index is 0.236. The highest BCUT2D eigenvalue weighted by Crippen LogP contribution is 2.21. The average molecular weight is 379 g/mol. The Hall–Kier alpha value is -3.09. The fraction of sp³-hybridized carbons (Fsp3) is 0.381. The van der Waals surface area contributed by atoms with Crippen LogP contribution in [0.25, 0.3) is 16.9 Å². The van der Waals surface area contributed by atoms with Crippen LogP contribution in [0.5, 0.6) is 0 Å². The lowest BCUT2D eigenvalue weighted by Crippen LogP contribution is -2.39. The number of nitrogens with zero attached hydrogens (tertiary/aromatic N) is 5. The van der Waals surface area contributed by atoms with Crippen molar-refractivity contribution >= 4 is 16.9 Å². The van der Waals surface area contributed by atoms with Crippen molar-refractivity contribution in [2.45, 2.75) is 40.8 Å². The Morgan fingerprint density at radius 1 is 1.00 bits per heavy atom. The van der Waals surface area contributed by atoms with Crippen LogP contribution in [0.3, 0.4) is 0 Å². The Labute approximate surface area is 162 Å². The van der Waals surface area contributed by atoms with Crippen molar-refractivity contribution < 1.29 is 0 Å². The molecule has 3 heterocycles. The first-order valence-corrected chi connectivity index (χ1v) is 9.52. The van der Waals surface area contributed by atoms with Gasteiger partial charge in [0, 0.05) is 25.0 Å². The molecule has 4 rings (SSSR count). The van der Waals surface area contributed by atoms with Crippen LogP contribution in [0, 0.1) is 19.8 Å². The fourth-order valence-electron chi connectivity index (χ4n) is 3.80. The SMILES string of the molecule is Cc1c(C)n2c3c(=O)n(Cc4ccccc4)c(=O)n(C)c3nc2n1CC(C)C. The van der Waals surface area contributed by atoms with Gasteiger partial charge in [0.05, 0.1) is 6.54 Å². The van der Waals surface area contributed by atoms with Crippen molar-refractivity contribution in [3.05, 3.63) is 68.1 Å². The fourth-order valence-corrected chi connectivity index (χ4v) is 3.80. The third kappa shape index (κ3) is 2.61. The van der Waals surface area contributed by atoms with Crippen molar-refractivity contribution in [3.8, 4) is 0 Å². The molecular formula is C21H25N5O2. The molecule has 0 atom stereocenters. The number of rotatable bonds is 4. The Bertz CT molecular complexity index is 1300. The maximum absolute atomic E-state index is 13.4. The number of aromatic nitrogens is 5. The van der Waals surface area contributed by atoms with Crippen LogP contribution in [0.1, 0.15) is 30.8 Å². The van der Waals surface area contributed by atoms with Crippen LogP contribution in [0.15, 0.2) is 39.9 Å². The molecule has 0 unspecified atom stereocenters. The van der Waals surface area contributed by atoms with Gasteiger partial charge in [0.2, 0.25) is 5.78 Å². The summed E-state index contributed by atoms with van der Waals surface area (Å²) in [4.78, 5) is 30.9. The molecule has 28 heavy (non-hydrogen) atoms. The van der Waals surface area contributed by atoms with Crippen molar-refractivity contribution in [3.63, 3.8) is 0 Å². The van der Waals surface area contributed by atoms with Crippen molar-refractivity contribution in [2.75, 3.05) is 0 Å². The van der Waals surface area contributed by atoms with E-state index in [9.17, 15) is 9.59 Å². The summed E-state index contributed by atoms with van der Waals surface area (Å²) in [5.74, 6) is 1.15. The van der Waals surface area contributed by atoms with E-state index >= 15 is 0 Å². The second-order valence-electron chi connectivity index (χ2n) is 7.81. The maximum atomic E-state index is 13.4. The van der Waals surface area contributed by atoms with Crippen LogP contribution >= 0.6 is 0 Å². The smallest absolute Gasteiger partial charge is 0.314 e. The lowest BCUT2D eigenvalue weighted by atomic mass is 10.2. The summed E-state index contributed by atoms with van der Waals surface area (Å²) in [5, 5.41) is 0. The van der Waals surface area contributed by atoms with E-state index < -0.39 is 0 Å². The Morgan fingerprint density at radius 3 is 2.32 bits per heavy atom. The molecule has 0 saturated carbocycles. The molecule has 0 amide bonds. The zero-order valence-corrected chi connectivity index (χ0v) is 16.9. The summed E-state index contributed by atoms with van der Waals surface area (Å²) in [7, 11) is 1.67. The number of imidazole rings is 2. The van der Waals surface area contributed by atoms with Gasteiger partial charge in [0.1, 0.15) is 0 Å². The van der Waals surface area contributed by atoms with Gasteiger partial charge in [-0.2, -0.15) is 4.98 Å². The molecule has 3 aromatic heterocycles. The van der Waals surface area contributed by atoms with Gasteiger partial charge >= 0.3 is 5.69 Å². The number of hydrogen-bond acceptors (Lipinski definition) is 3. The largest absolute Gasteiger partial charge is 0.332 e. The van der Waals surface area contributed by atoms with Gasteiger partial charge < -0.3 is 4.57 Å². The van der Waals surface area contributed by atoms with Gasteiger partial charge in [-0.25, -0.2) is 4.79 Å². The highest BCUT2D eigenvalue weighted by molar-refractivity contribution is 5.76. The molecule has 146 valence electrons. The molecule has 0 fully saturated rings. The predicted molar refractivity (Wildman–Crippen MR) is 110 cm³/mol. The number of aryl methyl sites for hydroxylation is 2. The summed E-state index contributed by atoms with van der Waals surface area (Å²) in [6.45, 7) is 9.38. The lowest BCUT2D eigenvalue weighted by Gasteiger charge is -2.09. The molecule has 4 aromatic rings. The molecule has 1 aromatic carbocycles. The topological polar surface area (TPSA) is 66.2 Å². The first-order chi connectivity index (χ1) is 13.3.